The van der Waals surface area contributed by atoms with Crippen molar-refractivity contribution in [1.29, 1.82) is 0 Å². The Hall–Kier alpha value is -1.36. The average molecular weight is 294 g/mol. The molecule has 4 nitrogen and oxygen atoms in total. The lowest BCUT2D eigenvalue weighted by molar-refractivity contribution is -0.153. The van der Waals surface area contributed by atoms with Gasteiger partial charge in [0.15, 0.2) is 0 Å². The molecule has 0 aromatic carbocycles. The first-order chi connectivity index (χ1) is 9.30. The van der Waals surface area contributed by atoms with Gasteiger partial charge in [0, 0.05) is 11.4 Å². The highest BCUT2D eigenvalue weighted by atomic mass is 32.1. The molecule has 1 N–H and O–H groups in total. The molecule has 1 fully saturated rings. The Morgan fingerprint density at radius 1 is 1.35 bits per heavy atom. The Kier molecular flexibility index (Phi) is 4.18. The molecule has 20 heavy (non-hydrogen) atoms. The van der Waals surface area contributed by atoms with E-state index in [1.54, 1.807) is 23.2 Å². The summed E-state index contributed by atoms with van der Waals surface area (Å²) < 4.78 is 0. The molecule has 0 spiro atoms. The molecule has 2 unspecified atom stereocenters. The summed E-state index contributed by atoms with van der Waals surface area (Å²) in [5, 5.41) is 4.81. The molecule has 2 atom stereocenters. The van der Waals surface area contributed by atoms with Gasteiger partial charge < -0.3 is 10.2 Å². The molecule has 1 aliphatic rings. The van der Waals surface area contributed by atoms with E-state index in [9.17, 15) is 9.59 Å². The molecule has 2 heterocycles. The molecular formula is C15H22N2O2S. The summed E-state index contributed by atoms with van der Waals surface area (Å²) in [5.41, 5.74) is -0.269. The van der Waals surface area contributed by atoms with Crippen molar-refractivity contribution in [3.8, 4) is 0 Å². The van der Waals surface area contributed by atoms with Crippen LogP contribution in [0.3, 0.4) is 0 Å². The van der Waals surface area contributed by atoms with Gasteiger partial charge in [-0.05, 0) is 30.2 Å². The Bertz CT molecular complexity index is 490. The number of nitrogens with one attached hydrogen (secondary N) is 1. The number of piperazine rings is 1. The molecule has 1 aromatic rings. The van der Waals surface area contributed by atoms with E-state index in [2.05, 4.69) is 11.4 Å². The number of hydrogen-bond donors (Lipinski definition) is 1. The number of nitrogens with zero attached hydrogens (tertiary/aromatic N) is 1. The highest BCUT2D eigenvalue weighted by molar-refractivity contribution is 7.09. The summed E-state index contributed by atoms with van der Waals surface area (Å²) in [6.07, 6.45) is 0.802. The zero-order valence-electron chi connectivity index (χ0n) is 12.5. The zero-order valence-corrected chi connectivity index (χ0v) is 13.3. The first-order valence-electron chi connectivity index (χ1n) is 6.94. The smallest absolute Gasteiger partial charge is 0.245 e. The molecule has 0 aliphatic carbocycles. The average Bonchev–Trinajstić information content (AvgIpc) is 2.83. The van der Waals surface area contributed by atoms with Crippen LogP contribution < -0.4 is 5.32 Å². The fourth-order valence-electron chi connectivity index (χ4n) is 2.66. The van der Waals surface area contributed by atoms with Crippen LogP contribution in [0.1, 0.15) is 32.6 Å². The van der Waals surface area contributed by atoms with Gasteiger partial charge in [-0.25, -0.2) is 0 Å². The number of rotatable bonds is 3. The van der Waals surface area contributed by atoms with E-state index in [-0.39, 0.29) is 17.2 Å². The number of carbonyl (C=O) groups is 2. The van der Waals surface area contributed by atoms with Gasteiger partial charge in [0.05, 0.1) is 0 Å². The Morgan fingerprint density at radius 3 is 2.60 bits per heavy atom. The predicted octanol–water partition coefficient (Wildman–Crippen LogP) is 2.05. The highest BCUT2D eigenvalue weighted by Crippen LogP contribution is 2.28. The lowest BCUT2D eigenvalue weighted by Gasteiger charge is -2.44. The maximum atomic E-state index is 12.4. The molecular weight excluding hydrogens is 272 g/mol. The zero-order chi connectivity index (χ0) is 14.9. The normalized spacial score (nSPS) is 23.9. The lowest BCUT2D eigenvalue weighted by Crippen LogP contribution is -2.66. The van der Waals surface area contributed by atoms with E-state index in [0.717, 1.165) is 6.42 Å². The van der Waals surface area contributed by atoms with Crippen molar-refractivity contribution in [2.75, 3.05) is 6.54 Å². The third-order valence-electron chi connectivity index (χ3n) is 3.57. The molecule has 2 rings (SSSR count). The molecule has 1 saturated heterocycles. The Morgan fingerprint density at radius 2 is 2.05 bits per heavy atom. The van der Waals surface area contributed by atoms with Gasteiger partial charge in [0.25, 0.3) is 0 Å². The topological polar surface area (TPSA) is 49.4 Å². The summed E-state index contributed by atoms with van der Waals surface area (Å²) >= 11 is 1.68. The van der Waals surface area contributed by atoms with E-state index in [1.807, 2.05) is 32.2 Å². The fraction of sp³-hybridized carbons (Fsp3) is 0.600. The quantitative estimate of drug-likeness (QED) is 0.927. The third-order valence-corrected chi connectivity index (χ3v) is 4.51. The van der Waals surface area contributed by atoms with Crippen LogP contribution in [0.5, 0.6) is 0 Å². The number of hydrogen-bond acceptors (Lipinski definition) is 3. The largest absolute Gasteiger partial charge is 0.343 e. The van der Waals surface area contributed by atoms with Crippen molar-refractivity contribution in [3.63, 3.8) is 0 Å². The maximum absolute atomic E-state index is 12.4. The van der Waals surface area contributed by atoms with Crippen LogP contribution in [0.4, 0.5) is 0 Å². The van der Waals surface area contributed by atoms with E-state index in [1.165, 1.54) is 4.88 Å². The molecule has 5 heteroatoms. The lowest BCUT2D eigenvalue weighted by atomic mass is 9.83. The second kappa shape index (κ2) is 5.56. The van der Waals surface area contributed by atoms with Crippen LogP contribution >= 0.6 is 11.3 Å². The van der Waals surface area contributed by atoms with Crippen molar-refractivity contribution >= 4 is 23.2 Å². The molecule has 2 amide bonds. The van der Waals surface area contributed by atoms with E-state index < -0.39 is 12.1 Å². The minimum atomic E-state index is -0.426. The van der Waals surface area contributed by atoms with Crippen LogP contribution in [0, 0.1) is 5.41 Å². The van der Waals surface area contributed by atoms with Crippen LogP contribution in [0.2, 0.25) is 0 Å². The van der Waals surface area contributed by atoms with E-state index >= 15 is 0 Å². The molecule has 110 valence electrons. The molecule has 0 saturated carbocycles. The minimum absolute atomic E-state index is 0.0149. The first kappa shape index (κ1) is 15.0. The predicted molar refractivity (Wildman–Crippen MR) is 80.6 cm³/mol. The SMILES string of the molecule is CC1NC(=O)C(C(C)(C)C)N(CCc2cccs2)C1=O. The van der Waals surface area contributed by atoms with Crippen LogP contribution in [0.15, 0.2) is 17.5 Å². The summed E-state index contributed by atoms with van der Waals surface area (Å²) in [6.45, 7) is 8.34. The summed E-state index contributed by atoms with van der Waals surface area (Å²) in [4.78, 5) is 27.7. The van der Waals surface area contributed by atoms with Gasteiger partial charge in [-0.1, -0.05) is 26.8 Å². The van der Waals surface area contributed by atoms with Crippen LogP contribution in [0.25, 0.3) is 0 Å². The van der Waals surface area contributed by atoms with Gasteiger partial charge in [-0.3, -0.25) is 9.59 Å². The van der Waals surface area contributed by atoms with Crippen LogP contribution in [-0.2, 0) is 16.0 Å². The summed E-state index contributed by atoms with van der Waals surface area (Å²) in [7, 11) is 0. The molecule has 1 aliphatic heterocycles. The van der Waals surface area contributed by atoms with Crippen molar-refractivity contribution in [2.45, 2.75) is 46.2 Å². The first-order valence-corrected chi connectivity index (χ1v) is 7.82. The van der Waals surface area contributed by atoms with Gasteiger partial charge >= 0.3 is 0 Å². The Labute approximate surface area is 124 Å². The van der Waals surface area contributed by atoms with Gasteiger partial charge in [-0.15, -0.1) is 11.3 Å². The van der Waals surface area contributed by atoms with Gasteiger partial charge in [0.1, 0.15) is 12.1 Å². The number of thiophene rings is 1. The number of amides is 2. The second-order valence-electron chi connectivity index (χ2n) is 6.36. The maximum Gasteiger partial charge on any atom is 0.245 e. The van der Waals surface area contributed by atoms with Gasteiger partial charge in [-0.2, -0.15) is 0 Å². The van der Waals surface area contributed by atoms with Gasteiger partial charge in [0.2, 0.25) is 11.8 Å². The van der Waals surface area contributed by atoms with Crippen molar-refractivity contribution < 1.29 is 9.59 Å². The van der Waals surface area contributed by atoms with Crippen LogP contribution in [-0.4, -0.2) is 35.3 Å². The van der Waals surface area contributed by atoms with Crippen molar-refractivity contribution in [2.24, 2.45) is 5.41 Å². The molecule has 0 bridgehead atoms. The highest BCUT2D eigenvalue weighted by Gasteiger charge is 2.44. The Balaban J connectivity index is 2.18. The monoisotopic (exact) mass is 294 g/mol. The minimum Gasteiger partial charge on any atom is -0.343 e. The second-order valence-corrected chi connectivity index (χ2v) is 7.39. The molecule has 1 aromatic heterocycles. The number of carbonyl (C=O) groups excluding carboxylic acids is 2. The standard InChI is InChI=1S/C15H22N2O2S/c1-10-14(19)17(8-7-11-6-5-9-20-11)12(13(18)16-10)15(2,3)4/h5-6,9-10,12H,7-8H2,1-4H3,(H,16,18). The summed E-state index contributed by atoms with van der Waals surface area (Å²) in [5.74, 6) is -0.0307. The van der Waals surface area contributed by atoms with E-state index in [4.69, 9.17) is 0 Å². The van der Waals surface area contributed by atoms with Crippen molar-refractivity contribution in [3.05, 3.63) is 22.4 Å². The summed E-state index contributed by atoms with van der Waals surface area (Å²) in [6, 6.07) is 3.25. The molecule has 0 radical (unpaired) electrons. The van der Waals surface area contributed by atoms with E-state index in [0.29, 0.717) is 6.54 Å². The third kappa shape index (κ3) is 3.03. The fourth-order valence-corrected chi connectivity index (χ4v) is 3.36. The van der Waals surface area contributed by atoms with Crippen molar-refractivity contribution in [1.82, 2.24) is 10.2 Å².